The molecule has 1 aromatic heterocycles. The molecule has 0 aliphatic carbocycles. The van der Waals surface area contributed by atoms with E-state index in [0.717, 1.165) is 31.2 Å². The molecular formula is C15H27IN4S. The van der Waals surface area contributed by atoms with Gasteiger partial charge in [-0.15, -0.1) is 35.3 Å². The molecule has 0 amide bonds. The third-order valence-corrected chi connectivity index (χ3v) is 5.72. The summed E-state index contributed by atoms with van der Waals surface area (Å²) in [5.74, 6) is 0.973. The molecule has 0 aromatic carbocycles. The van der Waals surface area contributed by atoms with Gasteiger partial charge in [-0.25, -0.2) is 4.98 Å². The van der Waals surface area contributed by atoms with Crippen LogP contribution in [0.15, 0.2) is 10.4 Å². The van der Waals surface area contributed by atoms with Crippen LogP contribution in [0.3, 0.4) is 0 Å². The molecule has 1 fully saturated rings. The fourth-order valence-electron chi connectivity index (χ4n) is 2.46. The molecular weight excluding hydrogens is 395 g/mol. The number of nitrogens with one attached hydrogen (secondary N) is 1. The molecule has 1 aliphatic rings. The van der Waals surface area contributed by atoms with Crippen molar-refractivity contribution in [2.24, 2.45) is 10.4 Å². The standard InChI is InChI=1S/C15H26N4S.HI/c1-7-12-18-11(9-20-12)8-17-13(16-6)19-10-14(2,3)15(19,4)5;/h9H,7-8,10H2,1-6H3,(H,16,17);1H. The van der Waals surface area contributed by atoms with Crippen molar-refractivity contribution in [3.05, 3.63) is 16.1 Å². The number of rotatable bonds is 3. The second-order valence-corrected chi connectivity index (χ2v) is 7.46. The normalized spacial score (nSPS) is 19.7. The lowest BCUT2D eigenvalue weighted by molar-refractivity contribution is -0.0668. The summed E-state index contributed by atoms with van der Waals surface area (Å²) in [5.41, 5.74) is 1.55. The lowest BCUT2D eigenvalue weighted by Crippen LogP contribution is -2.72. The molecule has 0 bridgehead atoms. The largest absolute Gasteiger partial charge is 0.351 e. The monoisotopic (exact) mass is 422 g/mol. The van der Waals surface area contributed by atoms with Crippen LogP contribution in [-0.2, 0) is 13.0 Å². The highest BCUT2D eigenvalue weighted by atomic mass is 127. The first-order valence-corrected chi connectivity index (χ1v) is 8.11. The van der Waals surface area contributed by atoms with Crippen molar-refractivity contribution in [3.63, 3.8) is 0 Å². The van der Waals surface area contributed by atoms with Gasteiger partial charge < -0.3 is 10.2 Å². The van der Waals surface area contributed by atoms with Gasteiger partial charge in [-0.05, 0) is 20.3 Å². The number of guanidine groups is 1. The second-order valence-electron chi connectivity index (χ2n) is 6.52. The number of likely N-dealkylation sites (tertiary alicyclic amines) is 1. The van der Waals surface area contributed by atoms with Crippen LogP contribution in [0.5, 0.6) is 0 Å². The van der Waals surface area contributed by atoms with E-state index in [1.165, 1.54) is 5.01 Å². The highest BCUT2D eigenvalue weighted by Crippen LogP contribution is 2.46. The third-order valence-electron chi connectivity index (χ3n) is 4.68. The predicted molar refractivity (Wildman–Crippen MR) is 102 cm³/mol. The minimum absolute atomic E-state index is 0. The zero-order chi connectivity index (χ0) is 15.0. The van der Waals surface area contributed by atoms with Crippen LogP contribution in [0, 0.1) is 5.41 Å². The molecule has 1 saturated heterocycles. The lowest BCUT2D eigenvalue weighted by Gasteiger charge is -2.62. The summed E-state index contributed by atoms with van der Waals surface area (Å²) in [6.45, 7) is 13.1. The minimum atomic E-state index is 0. The van der Waals surface area contributed by atoms with Crippen molar-refractivity contribution in [2.45, 2.75) is 53.1 Å². The maximum Gasteiger partial charge on any atom is 0.194 e. The Morgan fingerprint density at radius 3 is 2.52 bits per heavy atom. The molecule has 120 valence electrons. The van der Waals surface area contributed by atoms with Gasteiger partial charge in [0.1, 0.15) is 0 Å². The van der Waals surface area contributed by atoms with E-state index in [2.05, 4.69) is 60.2 Å². The summed E-state index contributed by atoms with van der Waals surface area (Å²) in [7, 11) is 1.85. The van der Waals surface area contributed by atoms with Gasteiger partial charge >= 0.3 is 0 Å². The summed E-state index contributed by atoms with van der Waals surface area (Å²) in [6.07, 6.45) is 1.01. The Bertz CT molecular complexity index is 508. The first-order valence-electron chi connectivity index (χ1n) is 7.23. The Balaban J connectivity index is 0.00000220. The van der Waals surface area contributed by atoms with Gasteiger partial charge in [-0.2, -0.15) is 0 Å². The van der Waals surface area contributed by atoms with Crippen LogP contribution in [0.2, 0.25) is 0 Å². The van der Waals surface area contributed by atoms with Gasteiger partial charge in [-0.1, -0.05) is 20.8 Å². The van der Waals surface area contributed by atoms with E-state index in [1.807, 2.05) is 7.05 Å². The van der Waals surface area contributed by atoms with Crippen molar-refractivity contribution in [2.75, 3.05) is 13.6 Å². The Kier molecular flexibility index (Phi) is 6.06. The molecule has 2 heterocycles. The Labute approximate surface area is 149 Å². The van der Waals surface area contributed by atoms with Crippen LogP contribution in [0.4, 0.5) is 0 Å². The maximum atomic E-state index is 4.59. The summed E-state index contributed by atoms with van der Waals surface area (Å²) >= 11 is 1.73. The van der Waals surface area contributed by atoms with Gasteiger partial charge in [-0.3, -0.25) is 4.99 Å². The summed E-state index contributed by atoms with van der Waals surface area (Å²) in [6, 6.07) is 0. The topological polar surface area (TPSA) is 40.5 Å². The van der Waals surface area contributed by atoms with E-state index >= 15 is 0 Å². The number of hydrogen-bond donors (Lipinski definition) is 1. The van der Waals surface area contributed by atoms with Crippen molar-refractivity contribution in [1.82, 2.24) is 15.2 Å². The molecule has 1 aromatic rings. The number of thiazole rings is 1. The summed E-state index contributed by atoms with van der Waals surface area (Å²) in [5, 5.41) is 6.76. The molecule has 6 heteroatoms. The van der Waals surface area contributed by atoms with Crippen LogP contribution >= 0.6 is 35.3 Å². The Hall–Kier alpha value is -0.370. The highest BCUT2D eigenvalue weighted by Gasteiger charge is 2.53. The van der Waals surface area contributed by atoms with Gasteiger partial charge in [0, 0.05) is 29.9 Å². The van der Waals surface area contributed by atoms with Gasteiger partial charge in [0.15, 0.2) is 5.96 Å². The third kappa shape index (κ3) is 3.52. The van der Waals surface area contributed by atoms with E-state index in [4.69, 9.17) is 0 Å². The van der Waals surface area contributed by atoms with E-state index in [1.54, 1.807) is 11.3 Å². The number of aromatic nitrogens is 1. The molecule has 0 radical (unpaired) electrons. The van der Waals surface area contributed by atoms with Crippen molar-refractivity contribution in [1.29, 1.82) is 0 Å². The molecule has 0 saturated carbocycles. The smallest absolute Gasteiger partial charge is 0.194 e. The van der Waals surface area contributed by atoms with Gasteiger partial charge in [0.05, 0.1) is 17.2 Å². The summed E-state index contributed by atoms with van der Waals surface area (Å²) < 4.78 is 0. The first kappa shape index (κ1) is 18.7. The van der Waals surface area contributed by atoms with Crippen LogP contribution in [0.25, 0.3) is 0 Å². The quantitative estimate of drug-likeness (QED) is 0.461. The van der Waals surface area contributed by atoms with Crippen molar-refractivity contribution < 1.29 is 0 Å². The van der Waals surface area contributed by atoms with E-state index in [0.29, 0.717) is 5.41 Å². The Morgan fingerprint density at radius 2 is 2.10 bits per heavy atom. The zero-order valence-electron chi connectivity index (χ0n) is 13.9. The van der Waals surface area contributed by atoms with Gasteiger partial charge in [0.25, 0.3) is 0 Å². The van der Waals surface area contributed by atoms with E-state index in [9.17, 15) is 0 Å². The van der Waals surface area contributed by atoms with E-state index in [-0.39, 0.29) is 29.5 Å². The second kappa shape index (κ2) is 6.81. The molecule has 4 nitrogen and oxygen atoms in total. The van der Waals surface area contributed by atoms with Crippen LogP contribution in [-0.4, -0.2) is 35.0 Å². The average Bonchev–Trinajstić information content (AvgIpc) is 2.86. The maximum absolute atomic E-state index is 4.59. The fraction of sp³-hybridized carbons (Fsp3) is 0.733. The zero-order valence-corrected chi connectivity index (χ0v) is 17.0. The molecule has 1 aliphatic heterocycles. The molecule has 2 rings (SSSR count). The number of aliphatic imine (C=N–C) groups is 1. The molecule has 21 heavy (non-hydrogen) atoms. The van der Waals surface area contributed by atoms with E-state index < -0.39 is 0 Å². The molecule has 0 unspecified atom stereocenters. The lowest BCUT2D eigenvalue weighted by atomic mass is 9.65. The fourth-order valence-corrected chi connectivity index (χ4v) is 3.20. The number of hydrogen-bond acceptors (Lipinski definition) is 3. The molecule has 0 atom stereocenters. The first-order chi connectivity index (χ1) is 9.31. The number of halogens is 1. The number of aryl methyl sites for hydroxylation is 1. The number of nitrogens with zero attached hydrogens (tertiary/aromatic N) is 3. The molecule has 1 N–H and O–H groups in total. The highest BCUT2D eigenvalue weighted by molar-refractivity contribution is 14.0. The SMILES string of the molecule is CCc1nc(CNC(=NC)N2CC(C)(C)C2(C)C)cs1.I. The Morgan fingerprint density at radius 1 is 1.43 bits per heavy atom. The van der Waals surface area contributed by atoms with Gasteiger partial charge in [0.2, 0.25) is 0 Å². The predicted octanol–water partition coefficient (Wildman–Crippen LogP) is 3.52. The summed E-state index contributed by atoms with van der Waals surface area (Å²) in [4.78, 5) is 11.4. The molecule has 0 spiro atoms. The minimum Gasteiger partial charge on any atom is -0.351 e. The van der Waals surface area contributed by atoms with Crippen LogP contribution in [0.1, 0.15) is 45.3 Å². The van der Waals surface area contributed by atoms with Crippen molar-refractivity contribution >= 4 is 41.3 Å². The average molecular weight is 422 g/mol. The van der Waals surface area contributed by atoms with Crippen LogP contribution < -0.4 is 5.32 Å². The van der Waals surface area contributed by atoms with Crippen molar-refractivity contribution in [3.8, 4) is 0 Å².